The van der Waals surface area contributed by atoms with Gasteiger partial charge in [0.1, 0.15) is 0 Å². The topological polar surface area (TPSA) is 66.6 Å². The van der Waals surface area contributed by atoms with Crippen LogP contribution in [0, 0.1) is 5.92 Å². The number of piperidine rings is 1. The number of primary amides is 1. The Morgan fingerprint density at radius 1 is 1.35 bits per heavy atom. The summed E-state index contributed by atoms with van der Waals surface area (Å²) >= 11 is 5.83. The molecule has 1 saturated heterocycles. The van der Waals surface area contributed by atoms with Gasteiger partial charge in [-0.1, -0.05) is 23.7 Å². The maximum absolute atomic E-state index is 11.1. The summed E-state index contributed by atoms with van der Waals surface area (Å²) in [5.74, 6) is -0.168. The molecule has 0 aliphatic carbocycles. The molecule has 0 spiro atoms. The van der Waals surface area contributed by atoms with Crippen molar-refractivity contribution in [3.63, 3.8) is 0 Å². The maximum atomic E-state index is 11.1. The van der Waals surface area contributed by atoms with Gasteiger partial charge in [-0.05, 0) is 50.0 Å². The molecular formula is C15H21ClN2O2. The molecule has 1 heterocycles. The Hall–Kier alpha value is -1.10. The fourth-order valence-corrected chi connectivity index (χ4v) is 2.72. The van der Waals surface area contributed by atoms with Gasteiger partial charge >= 0.3 is 0 Å². The molecule has 0 radical (unpaired) electrons. The minimum atomic E-state index is -0.471. The molecule has 4 nitrogen and oxygen atoms in total. The third-order valence-electron chi connectivity index (χ3n) is 3.96. The molecule has 1 aromatic rings. The van der Waals surface area contributed by atoms with E-state index in [2.05, 4.69) is 4.90 Å². The smallest absolute Gasteiger partial charge is 0.220 e. The SMILES string of the molecule is NC(=O)C1CCN(CCC(O)c2ccc(Cl)cc2)CC1. The fourth-order valence-electron chi connectivity index (χ4n) is 2.60. The summed E-state index contributed by atoms with van der Waals surface area (Å²) < 4.78 is 0. The van der Waals surface area contributed by atoms with Gasteiger partial charge in [0.25, 0.3) is 0 Å². The standard InChI is InChI=1S/C15H21ClN2O2/c16-13-3-1-11(2-4-13)14(19)7-10-18-8-5-12(6-9-18)15(17)20/h1-4,12,14,19H,5-10H2,(H2,17,20). The predicted octanol–water partition coefficient (Wildman–Crippen LogP) is 1.96. The van der Waals surface area contributed by atoms with Gasteiger partial charge in [0, 0.05) is 17.5 Å². The van der Waals surface area contributed by atoms with E-state index >= 15 is 0 Å². The number of halogens is 1. The summed E-state index contributed by atoms with van der Waals surface area (Å²) in [7, 11) is 0. The highest BCUT2D eigenvalue weighted by atomic mass is 35.5. The van der Waals surface area contributed by atoms with Crippen LogP contribution in [-0.2, 0) is 4.79 Å². The lowest BCUT2D eigenvalue weighted by Gasteiger charge is -2.31. The summed E-state index contributed by atoms with van der Waals surface area (Å²) in [4.78, 5) is 13.4. The number of hydrogen-bond acceptors (Lipinski definition) is 3. The van der Waals surface area contributed by atoms with Crippen LogP contribution in [0.1, 0.15) is 30.9 Å². The number of carbonyl (C=O) groups is 1. The summed E-state index contributed by atoms with van der Waals surface area (Å²) in [5.41, 5.74) is 6.20. The van der Waals surface area contributed by atoms with E-state index in [-0.39, 0.29) is 11.8 Å². The Bertz CT molecular complexity index is 442. The Morgan fingerprint density at radius 2 is 1.95 bits per heavy atom. The first-order valence-corrected chi connectivity index (χ1v) is 7.39. The van der Waals surface area contributed by atoms with Crippen LogP contribution in [-0.4, -0.2) is 35.5 Å². The van der Waals surface area contributed by atoms with Gasteiger partial charge in [-0.25, -0.2) is 0 Å². The van der Waals surface area contributed by atoms with E-state index in [0.29, 0.717) is 11.4 Å². The monoisotopic (exact) mass is 296 g/mol. The molecular weight excluding hydrogens is 276 g/mol. The summed E-state index contributed by atoms with van der Waals surface area (Å²) in [6.45, 7) is 2.58. The number of hydrogen-bond donors (Lipinski definition) is 2. The molecule has 5 heteroatoms. The number of amides is 1. The molecule has 1 aromatic carbocycles. The minimum Gasteiger partial charge on any atom is -0.388 e. The van der Waals surface area contributed by atoms with Crippen molar-refractivity contribution in [1.82, 2.24) is 4.90 Å². The average Bonchev–Trinajstić information content (AvgIpc) is 2.46. The van der Waals surface area contributed by atoms with Gasteiger partial charge in [-0.3, -0.25) is 4.79 Å². The molecule has 3 N–H and O–H groups in total. The first kappa shape index (κ1) is 15.3. The van der Waals surface area contributed by atoms with Gasteiger partial charge in [0.15, 0.2) is 0 Å². The molecule has 1 amide bonds. The number of benzene rings is 1. The molecule has 20 heavy (non-hydrogen) atoms. The highest BCUT2D eigenvalue weighted by molar-refractivity contribution is 6.30. The Balaban J connectivity index is 1.75. The highest BCUT2D eigenvalue weighted by Crippen LogP contribution is 2.21. The lowest BCUT2D eigenvalue weighted by molar-refractivity contribution is -0.123. The van der Waals surface area contributed by atoms with Crippen molar-refractivity contribution in [2.45, 2.75) is 25.4 Å². The molecule has 0 aromatic heterocycles. The third kappa shape index (κ3) is 4.20. The minimum absolute atomic E-state index is 0.0208. The van der Waals surface area contributed by atoms with Crippen molar-refractivity contribution in [2.24, 2.45) is 11.7 Å². The van der Waals surface area contributed by atoms with Crippen molar-refractivity contribution in [2.75, 3.05) is 19.6 Å². The number of carbonyl (C=O) groups excluding carboxylic acids is 1. The molecule has 0 saturated carbocycles. The lowest BCUT2D eigenvalue weighted by Crippen LogP contribution is -2.39. The maximum Gasteiger partial charge on any atom is 0.220 e. The van der Waals surface area contributed by atoms with E-state index in [0.717, 1.165) is 38.0 Å². The normalized spacial score (nSPS) is 18.9. The van der Waals surface area contributed by atoms with Gasteiger partial charge in [-0.2, -0.15) is 0 Å². The molecule has 1 atom stereocenters. The van der Waals surface area contributed by atoms with Gasteiger partial charge in [0.2, 0.25) is 5.91 Å². The molecule has 1 aliphatic heterocycles. The predicted molar refractivity (Wildman–Crippen MR) is 79.4 cm³/mol. The number of aliphatic hydroxyl groups excluding tert-OH is 1. The Kier molecular flexibility index (Phi) is 5.40. The van der Waals surface area contributed by atoms with Crippen molar-refractivity contribution >= 4 is 17.5 Å². The van der Waals surface area contributed by atoms with Gasteiger partial charge < -0.3 is 15.7 Å². The van der Waals surface area contributed by atoms with E-state index in [9.17, 15) is 9.90 Å². The van der Waals surface area contributed by atoms with Crippen molar-refractivity contribution in [1.29, 1.82) is 0 Å². The number of likely N-dealkylation sites (tertiary alicyclic amines) is 1. The van der Waals surface area contributed by atoms with Crippen molar-refractivity contribution < 1.29 is 9.90 Å². The van der Waals surface area contributed by atoms with E-state index in [4.69, 9.17) is 17.3 Å². The highest BCUT2D eigenvalue weighted by Gasteiger charge is 2.23. The number of aliphatic hydroxyl groups is 1. The fraction of sp³-hybridized carbons (Fsp3) is 0.533. The first-order chi connectivity index (χ1) is 9.56. The van der Waals surface area contributed by atoms with Gasteiger partial charge in [-0.15, -0.1) is 0 Å². The van der Waals surface area contributed by atoms with E-state index in [1.807, 2.05) is 12.1 Å². The van der Waals surface area contributed by atoms with Crippen LogP contribution < -0.4 is 5.73 Å². The van der Waals surface area contributed by atoms with Crippen LogP contribution in [0.25, 0.3) is 0 Å². The van der Waals surface area contributed by atoms with E-state index in [1.54, 1.807) is 12.1 Å². The first-order valence-electron chi connectivity index (χ1n) is 7.01. The summed E-state index contributed by atoms with van der Waals surface area (Å²) in [6.07, 6.45) is 1.86. The van der Waals surface area contributed by atoms with Crippen molar-refractivity contribution in [3.05, 3.63) is 34.9 Å². The quantitative estimate of drug-likeness (QED) is 0.873. The second-order valence-electron chi connectivity index (χ2n) is 5.37. The largest absolute Gasteiger partial charge is 0.388 e. The molecule has 1 fully saturated rings. The molecule has 2 rings (SSSR count). The second-order valence-corrected chi connectivity index (χ2v) is 5.81. The van der Waals surface area contributed by atoms with Crippen LogP contribution in [0.5, 0.6) is 0 Å². The lowest BCUT2D eigenvalue weighted by atomic mass is 9.96. The summed E-state index contributed by atoms with van der Waals surface area (Å²) in [5, 5.41) is 10.8. The van der Waals surface area contributed by atoms with Crippen LogP contribution in [0.2, 0.25) is 5.02 Å². The second kappa shape index (κ2) is 7.07. The van der Waals surface area contributed by atoms with Gasteiger partial charge in [0.05, 0.1) is 6.10 Å². The molecule has 1 unspecified atom stereocenters. The van der Waals surface area contributed by atoms with Crippen LogP contribution in [0.3, 0.4) is 0 Å². The number of nitrogens with two attached hydrogens (primary N) is 1. The molecule has 110 valence electrons. The Labute approximate surface area is 124 Å². The zero-order valence-corrected chi connectivity index (χ0v) is 12.2. The number of rotatable bonds is 5. The van der Waals surface area contributed by atoms with E-state index < -0.39 is 6.10 Å². The molecule has 0 bridgehead atoms. The van der Waals surface area contributed by atoms with Crippen LogP contribution in [0.15, 0.2) is 24.3 Å². The zero-order chi connectivity index (χ0) is 14.5. The molecule has 1 aliphatic rings. The summed E-state index contributed by atoms with van der Waals surface area (Å²) in [6, 6.07) is 7.29. The third-order valence-corrected chi connectivity index (χ3v) is 4.22. The van der Waals surface area contributed by atoms with Crippen LogP contribution in [0.4, 0.5) is 0 Å². The van der Waals surface area contributed by atoms with Crippen molar-refractivity contribution in [3.8, 4) is 0 Å². The number of nitrogens with zero attached hydrogens (tertiary/aromatic N) is 1. The van der Waals surface area contributed by atoms with E-state index in [1.165, 1.54) is 0 Å². The average molecular weight is 297 g/mol. The zero-order valence-electron chi connectivity index (χ0n) is 11.5. The van der Waals surface area contributed by atoms with Crippen LogP contribution >= 0.6 is 11.6 Å². The Morgan fingerprint density at radius 3 is 2.50 bits per heavy atom.